The van der Waals surface area contributed by atoms with Gasteiger partial charge in [0.2, 0.25) is 0 Å². The molecule has 1 aliphatic rings. The van der Waals surface area contributed by atoms with E-state index in [1.54, 1.807) is 0 Å². The second kappa shape index (κ2) is 7.31. The maximum Gasteiger partial charge on any atom is 0.148 e. The Balaban J connectivity index is 1.75. The summed E-state index contributed by atoms with van der Waals surface area (Å²) in [6.45, 7) is 2.94. The normalized spacial score (nSPS) is 16.5. The van der Waals surface area contributed by atoms with Gasteiger partial charge < -0.3 is 10.7 Å². The number of aromatic nitrogens is 2. The van der Waals surface area contributed by atoms with Gasteiger partial charge in [-0.1, -0.05) is 32.6 Å². The first kappa shape index (κ1) is 14.1. The summed E-state index contributed by atoms with van der Waals surface area (Å²) < 4.78 is 2.12. The van der Waals surface area contributed by atoms with E-state index in [9.17, 15) is 0 Å². The molecule has 1 aromatic rings. The van der Waals surface area contributed by atoms with Gasteiger partial charge in [0.25, 0.3) is 0 Å². The highest BCUT2D eigenvalue weighted by atomic mass is 15.3. The Labute approximate surface area is 116 Å². The molecule has 106 valence electrons. The van der Waals surface area contributed by atoms with Crippen molar-refractivity contribution in [2.24, 2.45) is 0 Å². The molecule has 0 unspecified atom stereocenters. The van der Waals surface area contributed by atoms with Crippen molar-refractivity contribution in [3.8, 4) is 0 Å². The average Bonchev–Trinajstić information content (AvgIpc) is 2.89. The van der Waals surface area contributed by atoms with Crippen LogP contribution in [0.4, 0.5) is 5.82 Å². The summed E-state index contributed by atoms with van der Waals surface area (Å²) >= 11 is 0. The van der Waals surface area contributed by atoms with Gasteiger partial charge in [0.05, 0.1) is 6.04 Å². The average molecular weight is 262 g/mol. The van der Waals surface area contributed by atoms with E-state index < -0.39 is 0 Å². The minimum absolute atomic E-state index is 0.600. The molecule has 0 atom stereocenters. The summed E-state index contributed by atoms with van der Waals surface area (Å²) in [4.78, 5) is 0. The molecule has 0 aromatic carbocycles. The fourth-order valence-corrected chi connectivity index (χ4v) is 2.75. The van der Waals surface area contributed by atoms with Crippen LogP contribution in [0.1, 0.15) is 64.3 Å². The van der Waals surface area contributed by atoms with Crippen LogP contribution in [-0.2, 0) is 0 Å². The first-order valence-corrected chi connectivity index (χ1v) is 7.65. The number of anilines is 1. The fraction of sp³-hybridized carbons (Fsp3) is 0.733. The van der Waals surface area contributed by atoms with Gasteiger partial charge in [0.15, 0.2) is 0 Å². The van der Waals surface area contributed by atoms with Crippen molar-refractivity contribution >= 4 is 11.5 Å². The summed E-state index contributed by atoms with van der Waals surface area (Å²) in [6.07, 6.45) is 11.5. The summed E-state index contributed by atoms with van der Waals surface area (Å²) in [5.41, 5.74) is 0.835. The van der Waals surface area contributed by atoms with Gasteiger partial charge in [-0.2, -0.15) is 5.10 Å². The predicted octanol–water partition coefficient (Wildman–Crippen LogP) is 4.01. The summed E-state index contributed by atoms with van der Waals surface area (Å²) in [5, 5.41) is 15.7. The van der Waals surface area contributed by atoms with E-state index in [1.807, 2.05) is 0 Å². The largest absolute Gasteiger partial charge is 0.368 e. The second-order valence-corrected chi connectivity index (χ2v) is 5.50. The van der Waals surface area contributed by atoms with E-state index in [4.69, 9.17) is 5.41 Å². The molecule has 0 amide bonds. The van der Waals surface area contributed by atoms with Crippen molar-refractivity contribution in [2.45, 2.75) is 64.3 Å². The third-order valence-electron chi connectivity index (χ3n) is 3.84. The Morgan fingerprint density at radius 1 is 1.37 bits per heavy atom. The molecule has 19 heavy (non-hydrogen) atoms. The maximum absolute atomic E-state index is 7.75. The Morgan fingerprint density at radius 3 is 2.89 bits per heavy atom. The molecule has 2 N–H and O–H groups in total. The van der Waals surface area contributed by atoms with Crippen molar-refractivity contribution in [1.29, 1.82) is 5.41 Å². The molecule has 0 bridgehead atoms. The molecule has 0 spiro atoms. The fourth-order valence-electron chi connectivity index (χ4n) is 2.75. The van der Waals surface area contributed by atoms with Gasteiger partial charge in [-0.15, -0.1) is 0 Å². The molecule has 2 rings (SSSR count). The lowest BCUT2D eigenvalue weighted by Crippen LogP contribution is -2.14. The van der Waals surface area contributed by atoms with Gasteiger partial charge in [0.1, 0.15) is 5.82 Å². The van der Waals surface area contributed by atoms with Crippen molar-refractivity contribution in [3.63, 3.8) is 0 Å². The lowest BCUT2D eigenvalue weighted by atomic mass is 9.96. The van der Waals surface area contributed by atoms with Crippen LogP contribution < -0.4 is 5.32 Å². The molecule has 1 fully saturated rings. The molecule has 4 heteroatoms. The standard InChI is InChI=1S/C15H26N4/c1-2-6-13(16)9-11-17-15-10-12-19(18-15)14-7-4-3-5-8-14/h10,12,14,16H,2-9,11H2,1H3,(H,17,18). The van der Waals surface area contributed by atoms with E-state index in [1.165, 1.54) is 32.1 Å². The van der Waals surface area contributed by atoms with Crippen molar-refractivity contribution in [3.05, 3.63) is 12.3 Å². The van der Waals surface area contributed by atoms with Crippen molar-refractivity contribution < 1.29 is 0 Å². The third-order valence-corrected chi connectivity index (χ3v) is 3.84. The zero-order valence-corrected chi connectivity index (χ0v) is 12.0. The zero-order chi connectivity index (χ0) is 13.5. The molecule has 1 heterocycles. The Bertz CT molecular complexity index is 391. The molecule has 1 aliphatic carbocycles. The number of nitrogens with one attached hydrogen (secondary N) is 2. The van der Waals surface area contributed by atoms with Crippen molar-refractivity contribution in [2.75, 3.05) is 11.9 Å². The van der Waals surface area contributed by atoms with Crippen LogP contribution >= 0.6 is 0 Å². The summed E-state index contributed by atoms with van der Waals surface area (Å²) in [6, 6.07) is 2.65. The number of hydrogen-bond donors (Lipinski definition) is 2. The summed E-state index contributed by atoms with van der Waals surface area (Å²) in [7, 11) is 0. The van der Waals surface area contributed by atoms with Gasteiger partial charge >= 0.3 is 0 Å². The molecule has 0 aliphatic heterocycles. The van der Waals surface area contributed by atoms with Crippen LogP contribution in [0.5, 0.6) is 0 Å². The summed E-state index contributed by atoms with van der Waals surface area (Å²) in [5.74, 6) is 0.954. The molecule has 1 aromatic heterocycles. The van der Waals surface area contributed by atoms with Crippen LogP contribution in [0.2, 0.25) is 0 Å². The lowest BCUT2D eigenvalue weighted by Gasteiger charge is -2.21. The number of rotatable bonds is 7. The van der Waals surface area contributed by atoms with E-state index in [-0.39, 0.29) is 0 Å². The smallest absolute Gasteiger partial charge is 0.148 e. The van der Waals surface area contributed by atoms with Gasteiger partial charge in [-0.05, 0) is 19.3 Å². The maximum atomic E-state index is 7.75. The lowest BCUT2D eigenvalue weighted by molar-refractivity contribution is 0.330. The van der Waals surface area contributed by atoms with Crippen LogP contribution in [0.15, 0.2) is 12.3 Å². The first-order chi connectivity index (χ1) is 9.29. The highest BCUT2D eigenvalue weighted by Gasteiger charge is 2.15. The van der Waals surface area contributed by atoms with Gasteiger partial charge in [-0.3, -0.25) is 4.68 Å². The molecule has 0 saturated heterocycles. The quantitative estimate of drug-likeness (QED) is 0.729. The number of hydrogen-bond acceptors (Lipinski definition) is 3. The van der Waals surface area contributed by atoms with Crippen LogP contribution in [0.25, 0.3) is 0 Å². The SMILES string of the molecule is CCCC(=N)CCNc1ccn(C2CCCCC2)n1. The molecule has 4 nitrogen and oxygen atoms in total. The minimum Gasteiger partial charge on any atom is -0.368 e. The monoisotopic (exact) mass is 262 g/mol. The zero-order valence-electron chi connectivity index (χ0n) is 12.0. The Morgan fingerprint density at radius 2 is 2.16 bits per heavy atom. The topological polar surface area (TPSA) is 53.7 Å². The minimum atomic E-state index is 0.600. The van der Waals surface area contributed by atoms with Crippen LogP contribution in [0.3, 0.4) is 0 Å². The first-order valence-electron chi connectivity index (χ1n) is 7.65. The number of nitrogens with zero attached hydrogens (tertiary/aromatic N) is 2. The molecule has 0 radical (unpaired) electrons. The van der Waals surface area contributed by atoms with E-state index >= 15 is 0 Å². The Hall–Kier alpha value is -1.32. The van der Waals surface area contributed by atoms with Crippen molar-refractivity contribution in [1.82, 2.24) is 9.78 Å². The second-order valence-electron chi connectivity index (χ2n) is 5.50. The third kappa shape index (κ3) is 4.37. The molecular weight excluding hydrogens is 236 g/mol. The predicted molar refractivity (Wildman–Crippen MR) is 80.1 cm³/mol. The highest BCUT2D eigenvalue weighted by molar-refractivity contribution is 5.81. The van der Waals surface area contributed by atoms with Crippen LogP contribution in [0, 0.1) is 5.41 Å². The van der Waals surface area contributed by atoms with Crippen LogP contribution in [-0.4, -0.2) is 22.0 Å². The van der Waals surface area contributed by atoms with E-state index in [2.05, 4.69) is 34.3 Å². The van der Waals surface area contributed by atoms with Gasteiger partial charge in [-0.25, -0.2) is 0 Å². The molecule has 1 saturated carbocycles. The highest BCUT2D eigenvalue weighted by Crippen LogP contribution is 2.27. The van der Waals surface area contributed by atoms with Gasteiger partial charge in [0, 0.05) is 30.9 Å². The Kier molecular flexibility index (Phi) is 5.43. The molecular formula is C15H26N4. The van der Waals surface area contributed by atoms with E-state index in [0.717, 1.165) is 37.3 Å². The van der Waals surface area contributed by atoms with E-state index in [0.29, 0.717) is 6.04 Å².